The smallest absolute Gasteiger partial charge is 0.159 e. The van der Waals surface area contributed by atoms with E-state index in [1.807, 2.05) is 6.07 Å². The van der Waals surface area contributed by atoms with Crippen LogP contribution >= 0.6 is 0 Å². The quantitative estimate of drug-likeness (QED) is 0.153. The lowest BCUT2D eigenvalue weighted by Gasteiger charge is -2.29. The third kappa shape index (κ3) is 6.23. The molecule has 0 spiro atoms. The monoisotopic (exact) mass is 765 g/mol. The van der Waals surface area contributed by atoms with Crippen LogP contribution in [0, 0.1) is 0 Å². The molecule has 282 valence electrons. The number of benzene rings is 10. The highest BCUT2D eigenvalue weighted by atomic mass is 16.3. The molecule has 1 aromatic heterocycles. The van der Waals surface area contributed by atoms with Crippen molar-refractivity contribution in [2.45, 2.75) is 0 Å². The summed E-state index contributed by atoms with van der Waals surface area (Å²) in [6.07, 6.45) is 0. The first-order valence-corrected chi connectivity index (χ1v) is 20.5. The SMILES string of the molecule is c1ccc(-c2ccc(-c3ccccc3-c3ccccc3)c(-c3ccccc3N(c3ccc(-c4cccc5ccccc45)cc3)c3cccc4c3oc3ccccc34)c2)cc1. The zero-order chi connectivity index (χ0) is 39.8. The summed E-state index contributed by atoms with van der Waals surface area (Å²) in [5, 5.41) is 4.66. The number of furan rings is 1. The highest BCUT2D eigenvalue weighted by Gasteiger charge is 2.24. The molecule has 0 atom stereocenters. The summed E-state index contributed by atoms with van der Waals surface area (Å²) in [5.41, 5.74) is 16.5. The van der Waals surface area contributed by atoms with Gasteiger partial charge in [0.2, 0.25) is 0 Å². The normalized spacial score (nSPS) is 11.3. The van der Waals surface area contributed by atoms with Gasteiger partial charge in [-0.15, -0.1) is 0 Å². The second-order valence-electron chi connectivity index (χ2n) is 15.2. The minimum Gasteiger partial charge on any atom is -0.454 e. The van der Waals surface area contributed by atoms with E-state index in [0.717, 1.165) is 61.3 Å². The van der Waals surface area contributed by atoms with E-state index in [1.54, 1.807) is 0 Å². The second-order valence-corrected chi connectivity index (χ2v) is 15.2. The molecular formula is C58H39NO. The molecule has 0 aliphatic heterocycles. The zero-order valence-corrected chi connectivity index (χ0v) is 32.9. The van der Waals surface area contributed by atoms with Crippen molar-refractivity contribution in [3.63, 3.8) is 0 Å². The van der Waals surface area contributed by atoms with Gasteiger partial charge in [0.05, 0.1) is 11.4 Å². The maximum Gasteiger partial charge on any atom is 0.159 e. The van der Waals surface area contributed by atoms with Gasteiger partial charge in [0.15, 0.2) is 5.58 Å². The number of fused-ring (bicyclic) bond motifs is 4. The maximum absolute atomic E-state index is 6.79. The van der Waals surface area contributed by atoms with Gasteiger partial charge in [-0.25, -0.2) is 0 Å². The average molecular weight is 766 g/mol. The Morgan fingerprint density at radius 1 is 0.283 bits per heavy atom. The van der Waals surface area contributed by atoms with Gasteiger partial charge in [-0.1, -0.05) is 200 Å². The first kappa shape index (κ1) is 35.2. The topological polar surface area (TPSA) is 16.4 Å². The van der Waals surface area contributed by atoms with Crippen LogP contribution in [0.2, 0.25) is 0 Å². The van der Waals surface area contributed by atoms with Crippen LogP contribution in [0.4, 0.5) is 17.1 Å². The molecule has 1 heterocycles. The Balaban J connectivity index is 1.16. The van der Waals surface area contributed by atoms with Gasteiger partial charge in [0, 0.05) is 22.0 Å². The van der Waals surface area contributed by atoms with Crippen molar-refractivity contribution in [3.8, 4) is 55.6 Å². The van der Waals surface area contributed by atoms with Gasteiger partial charge < -0.3 is 9.32 Å². The molecule has 10 aromatic carbocycles. The molecule has 0 amide bonds. The highest BCUT2D eigenvalue weighted by Crippen LogP contribution is 2.48. The molecule has 0 saturated heterocycles. The van der Waals surface area contributed by atoms with Crippen molar-refractivity contribution in [1.29, 1.82) is 0 Å². The average Bonchev–Trinajstić information content (AvgIpc) is 3.72. The fourth-order valence-corrected chi connectivity index (χ4v) is 8.88. The predicted octanol–water partition coefficient (Wildman–Crippen LogP) is 16.5. The third-order valence-corrected chi connectivity index (χ3v) is 11.7. The lowest BCUT2D eigenvalue weighted by molar-refractivity contribution is 0.669. The van der Waals surface area contributed by atoms with E-state index < -0.39 is 0 Å². The van der Waals surface area contributed by atoms with Crippen LogP contribution in [0.5, 0.6) is 0 Å². The summed E-state index contributed by atoms with van der Waals surface area (Å²) in [7, 11) is 0. The Hall–Kier alpha value is -7.94. The molecule has 60 heavy (non-hydrogen) atoms. The number of rotatable bonds is 8. The standard InChI is InChI=1S/C58H39NO/c1-3-17-40(18-4-1)44-35-38-50(49-25-10-9-24-48(49)41-19-5-2-6-20-41)54(39-44)51-26-11-13-30-55(51)59(56-31-16-29-53-52-27-12-14-32-57(52)60-58(53)56)45-36-33-43(34-37-45)47-28-15-22-42-21-7-8-23-46(42)47/h1-39H. The summed E-state index contributed by atoms with van der Waals surface area (Å²) < 4.78 is 6.79. The Kier molecular flexibility index (Phi) is 8.87. The molecule has 0 fully saturated rings. The summed E-state index contributed by atoms with van der Waals surface area (Å²) in [4.78, 5) is 2.38. The third-order valence-electron chi connectivity index (χ3n) is 11.7. The highest BCUT2D eigenvalue weighted by molar-refractivity contribution is 6.11. The Morgan fingerprint density at radius 2 is 0.817 bits per heavy atom. The molecule has 0 aliphatic carbocycles. The van der Waals surface area contributed by atoms with E-state index in [4.69, 9.17) is 4.42 Å². The van der Waals surface area contributed by atoms with E-state index in [0.29, 0.717) is 0 Å². The molecule has 2 heteroatoms. The van der Waals surface area contributed by atoms with E-state index in [-0.39, 0.29) is 0 Å². The van der Waals surface area contributed by atoms with Crippen LogP contribution in [0.1, 0.15) is 0 Å². The first-order valence-electron chi connectivity index (χ1n) is 20.5. The minimum atomic E-state index is 0.847. The molecule has 0 bridgehead atoms. The van der Waals surface area contributed by atoms with Crippen LogP contribution < -0.4 is 4.90 Å². The number of anilines is 3. The van der Waals surface area contributed by atoms with Crippen LogP contribution in [-0.2, 0) is 0 Å². The Labute approximate surface area is 349 Å². The molecule has 0 N–H and O–H groups in total. The van der Waals surface area contributed by atoms with E-state index in [1.165, 1.54) is 44.2 Å². The summed E-state index contributed by atoms with van der Waals surface area (Å²) in [6.45, 7) is 0. The van der Waals surface area contributed by atoms with Crippen LogP contribution in [0.25, 0.3) is 88.3 Å². The Bertz CT molecular complexity index is 3300. The van der Waals surface area contributed by atoms with E-state index in [2.05, 4.69) is 235 Å². The van der Waals surface area contributed by atoms with Gasteiger partial charge in [-0.05, 0) is 97.2 Å². The summed E-state index contributed by atoms with van der Waals surface area (Å²) in [5.74, 6) is 0. The van der Waals surface area contributed by atoms with Gasteiger partial charge in [-0.2, -0.15) is 0 Å². The van der Waals surface area contributed by atoms with Crippen LogP contribution in [0.3, 0.4) is 0 Å². The number of nitrogens with zero attached hydrogens (tertiary/aromatic N) is 1. The second kappa shape index (κ2) is 15.1. The number of hydrogen-bond donors (Lipinski definition) is 0. The Morgan fingerprint density at radius 3 is 1.63 bits per heavy atom. The van der Waals surface area contributed by atoms with Crippen molar-refractivity contribution >= 4 is 49.8 Å². The maximum atomic E-state index is 6.79. The zero-order valence-electron chi connectivity index (χ0n) is 32.9. The number of para-hydroxylation sites is 3. The number of hydrogen-bond acceptors (Lipinski definition) is 2. The lowest BCUT2D eigenvalue weighted by atomic mass is 9.86. The van der Waals surface area contributed by atoms with Gasteiger partial charge in [0.1, 0.15) is 5.58 Å². The fraction of sp³-hybridized carbons (Fsp3) is 0. The molecule has 0 radical (unpaired) electrons. The largest absolute Gasteiger partial charge is 0.454 e. The van der Waals surface area contributed by atoms with E-state index >= 15 is 0 Å². The molecule has 2 nitrogen and oxygen atoms in total. The minimum absolute atomic E-state index is 0.847. The molecule has 11 aromatic rings. The van der Waals surface area contributed by atoms with Crippen molar-refractivity contribution in [1.82, 2.24) is 0 Å². The van der Waals surface area contributed by atoms with Gasteiger partial charge in [-0.3, -0.25) is 0 Å². The molecule has 0 saturated carbocycles. The predicted molar refractivity (Wildman–Crippen MR) is 253 cm³/mol. The van der Waals surface area contributed by atoms with Crippen molar-refractivity contribution < 1.29 is 4.42 Å². The first-order chi connectivity index (χ1) is 29.8. The van der Waals surface area contributed by atoms with E-state index in [9.17, 15) is 0 Å². The molecule has 11 rings (SSSR count). The molecule has 0 aliphatic rings. The summed E-state index contributed by atoms with van der Waals surface area (Å²) in [6, 6.07) is 84.9. The van der Waals surface area contributed by atoms with Gasteiger partial charge in [0.25, 0.3) is 0 Å². The molecular weight excluding hydrogens is 727 g/mol. The molecule has 0 unspecified atom stereocenters. The van der Waals surface area contributed by atoms with Crippen molar-refractivity contribution in [2.75, 3.05) is 4.90 Å². The van der Waals surface area contributed by atoms with Crippen LogP contribution in [-0.4, -0.2) is 0 Å². The fourth-order valence-electron chi connectivity index (χ4n) is 8.88. The van der Waals surface area contributed by atoms with Gasteiger partial charge >= 0.3 is 0 Å². The van der Waals surface area contributed by atoms with Crippen LogP contribution in [0.15, 0.2) is 241 Å². The lowest BCUT2D eigenvalue weighted by Crippen LogP contribution is -2.11. The summed E-state index contributed by atoms with van der Waals surface area (Å²) >= 11 is 0. The van der Waals surface area contributed by atoms with Crippen molar-refractivity contribution in [2.24, 2.45) is 0 Å². The van der Waals surface area contributed by atoms with Crippen molar-refractivity contribution in [3.05, 3.63) is 237 Å².